The lowest BCUT2D eigenvalue weighted by Gasteiger charge is -2.22. The van der Waals surface area contributed by atoms with Gasteiger partial charge in [-0.1, -0.05) is 34.7 Å². The summed E-state index contributed by atoms with van der Waals surface area (Å²) in [5.74, 6) is -0.0175. The minimum atomic E-state index is -0.126. The second kappa shape index (κ2) is 8.03. The molecule has 8 heteroatoms. The minimum absolute atomic E-state index is 0.0166. The molecule has 0 N–H and O–H groups in total. The summed E-state index contributed by atoms with van der Waals surface area (Å²) in [6, 6.07) is 3.77. The molecule has 0 spiro atoms. The van der Waals surface area contributed by atoms with Crippen LogP contribution in [0.15, 0.2) is 12.1 Å². The van der Waals surface area contributed by atoms with Crippen LogP contribution in [0.1, 0.15) is 25.3 Å². The summed E-state index contributed by atoms with van der Waals surface area (Å²) in [4.78, 5) is 30.2. The van der Waals surface area contributed by atoms with Gasteiger partial charge in [-0.15, -0.1) is 0 Å². The highest BCUT2D eigenvalue weighted by atomic mass is 35.5. The van der Waals surface area contributed by atoms with Gasteiger partial charge < -0.3 is 4.74 Å². The third kappa shape index (κ3) is 4.34. The standard InChI is InChI=1S/C17H19ClN2O3S2/c1-10-13(18)5-6-14-16(10)19-17(25-14)20(8-12-4-3-7-23-12)15(22)9-24-11(2)21/h5-6,12H,3-4,7-9H2,1-2H3. The van der Waals surface area contributed by atoms with E-state index in [1.807, 2.05) is 19.1 Å². The molecule has 3 rings (SSSR count). The lowest BCUT2D eigenvalue weighted by Crippen LogP contribution is -2.38. The van der Waals surface area contributed by atoms with Crippen molar-refractivity contribution in [1.29, 1.82) is 0 Å². The fourth-order valence-corrected chi connectivity index (χ4v) is 4.41. The van der Waals surface area contributed by atoms with Crippen LogP contribution in [-0.2, 0) is 14.3 Å². The number of ether oxygens (including phenoxy) is 1. The van der Waals surface area contributed by atoms with Gasteiger partial charge in [-0.3, -0.25) is 14.5 Å². The van der Waals surface area contributed by atoms with Gasteiger partial charge in [-0.2, -0.15) is 0 Å². The number of benzene rings is 1. The van der Waals surface area contributed by atoms with Crippen LogP contribution < -0.4 is 4.90 Å². The molecule has 25 heavy (non-hydrogen) atoms. The number of anilines is 1. The molecule has 0 radical (unpaired) electrons. The Kier molecular flexibility index (Phi) is 5.99. The smallest absolute Gasteiger partial charge is 0.239 e. The maximum Gasteiger partial charge on any atom is 0.239 e. The van der Waals surface area contributed by atoms with Crippen molar-refractivity contribution in [2.24, 2.45) is 0 Å². The number of rotatable bonds is 5. The van der Waals surface area contributed by atoms with E-state index in [0.717, 1.165) is 47.0 Å². The van der Waals surface area contributed by atoms with Crippen molar-refractivity contribution < 1.29 is 14.3 Å². The van der Waals surface area contributed by atoms with E-state index in [1.165, 1.54) is 18.3 Å². The number of nitrogens with zero attached hydrogens (tertiary/aromatic N) is 2. The fourth-order valence-electron chi connectivity index (χ4n) is 2.72. The summed E-state index contributed by atoms with van der Waals surface area (Å²) in [6.45, 7) is 4.57. The molecule has 134 valence electrons. The van der Waals surface area contributed by atoms with Crippen LogP contribution in [0.3, 0.4) is 0 Å². The van der Waals surface area contributed by atoms with Crippen LogP contribution >= 0.6 is 34.7 Å². The third-order valence-electron chi connectivity index (χ3n) is 4.08. The number of fused-ring (bicyclic) bond motifs is 1. The zero-order chi connectivity index (χ0) is 18.0. The van der Waals surface area contributed by atoms with E-state index >= 15 is 0 Å². The summed E-state index contributed by atoms with van der Waals surface area (Å²) in [5.41, 5.74) is 1.72. The van der Waals surface area contributed by atoms with Crippen LogP contribution in [0, 0.1) is 6.92 Å². The first kappa shape index (κ1) is 18.6. The van der Waals surface area contributed by atoms with Crippen LogP contribution in [-0.4, -0.2) is 41.0 Å². The number of hydrogen-bond donors (Lipinski definition) is 0. The molecule has 2 heterocycles. The molecule has 1 aliphatic heterocycles. The van der Waals surface area contributed by atoms with Crippen molar-refractivity contribution >= 4 is 61.1 Å². The van der Waals surface area contributed by atoms with E-state index in [9.17, 15) is 9.59 Å². The average Bonchev–Trinajstić information content (AvgIpc) is 3.23. The summed E-state index contributed by atoms with van der Waals surface area (Å²) in [7, 11) is 0. The number of aromatic nitrogens is 1. The van der Waals surface area contributed by atoms with E-state index in [2.05, 4.69) is 4.98 Å². The van der Waals surface area contributed by atoms with Crippen LogP contribution in [0.5, 0.6) is 0 Å². The van der Waals surface area contributed by atoms with E-state index in [4.69, 9.17) is 16.3 Å². The van der Waals surface area contributed by atoms with Crippen molar-refractivity contribution in [1.82, 2.24) is 4.98 Å². The average molecular weight is 399 g/mol. The summed E-state index contributed by atoms with van der Waals surface area (Å²) in [5, 5.41) is 1.22. The van der Waals surface area contributed by atoms with Gasteiger partial charge in [0.15, 0.2) is 10.2 Å². The van der Waals surface area contributed by atoms with Gasteiger partial charge in [0.2, 0.25) is 5.91 Å². The predicted octanol–water partition coefficient (Wildman–Crippen LogP) is 4.05. The molecule has 5 nitrogen and oxygen atoms in total. The van der Waals surface area contributed by atoms with Crippen molar-refractivity contribution in [3.63, 3.8) is 0 Å². The first-order chi connectivity index (χ1) is 12.0. The zero-order valence-corrected chi connectivity index (χ0v) is 16.5. The van der Waals surface area contributed by atoms with Gasteiger partial charge in [0.1, 0.15) is 0 Å². The number of hydrogen-bond acceptors (Lipinski definition) is 6. The van der Waals surface area contributed by atoms with Gasteiger partial charge in [-0.05, 0) is 37.5 Å². The Bertz CT molecular complexity index is 803. The van der Waals surface area contributed by atoms with E-state index in [-0.39, 0.29) is 22.9 Å². The Labute approximate surface area is 159 Å². The van der Waals surface area contributed by atoms with E-state index in [0.29, 0.717) is 16.7 Å². The van der Waals surface area contributed by atoms with Gasteiger partial charge in [0, 0.05) is 18.6 Å². The van der Waals surface area contributed by atoms with Gasteiger partial charge in [0.25, 0.3) is 0 Å². The number of carbonyl (C=O) groups is 2. The first-order valence-corrected chi connectivity index (χ1v) is 10.2. The Morgan fingerprint density at radius 1 is 1.48 bits per heavy atom. The number of carbonyl (C=O) groups excluding carboxylic acids is 2. The van der Waals surface area contributed by atoms with Gasteiger partial charge in [0.05, 0.1) is 28.6 Å². The second-order valence-corrected chi connectivity index (χ2v) is 8.50. The molecule has 1 unspecified atom stereocenters. The van der Waals surface area contributed by atoms with Crippen molar-refractivity contribution in [3.8, 4) is 0 Å². The quantitative estimate of drug-likeness (QED) is 0.760. The van der Waals surface area contributed by atoms with Crippen LogP contribution in [0.25, 0.3) is 10.2 Å². The van der Waals surface area contributed by atoms with Gasteiger partial charge in [-0.25, -0.2) is 4.98 Å². The normalized spacial score (nSPS) is 17.2. The summed E-state index contributed by atoms with van der Waals surface area (Å²) < 4.78 is 6.67. The number of thioether (sulfide) groups is 1. The molecule has 2 aromatic rings. The molecule has 1 saturated heterocycles. The second-order valence-electron chi connectivity index (χ2n) is 5.94. The first-order valence-electron chi connectivity index (χ1n) is 8.06. The Hall–Kier alpha value is -1.15. The minimum Gasteiger partial charge on any atom is -0.376 e. The third-order valence-corrected chi connectivity index (χ3v) is 6.33. The molecular weight excluding hydrogens is 380 g/mol. The molecule has 1 aromatic carbocycles. The van der Waals surface area contributed by atoms with Crippen molar-refractivity contribution in [2.75, 3.05) is 23.8 Å². The maximum atomic E-state index is 12.7. The number of halogens is 1. The van der Waals surface area contributed by atoms with Crippen LogP contribution in [0.2, 0.25) is 5.02 Å². The van der Waals surface area contributed by atoms with E-state index < -0.39 is 0 Å². The number of aryl methyl sites for hydroxylation is 1. The molecule has 1 aliphatic rings. The fraction of sp³-hybridized carbons (Fsp3) is 0.471. The highest BCUT2D eigenvalue weighted by molar-refractivity contribution is 8.14. The Balaban J connectivity index is 1.90. The largest absolute Gasteiger partial charge is 0.376 e. The molecule has 0 aliphatic carbocycles. The van der Waals surface area contributed by atoms with Crippen LogP contribution in [0.4, 0.5) is 5.13 Å². The zero-order valence-electron chi connectivity index (χ0n) is 14.1. The lowest BCUT2D eigenvalue weighted by molar-refractivity contribution is -0.117. The maximum absolute atomic E-state index is 12.7. The summed E-state index contributed by atoms with van der Waals surface area (Å²) >= 11 is 8.66. The lowest BCUT2D eigenvalue weighted by atomic mass is 10.2. The molecule has 1 fully saturated rings. The molecule has 0 bridgehead atoms. The van der Waals surface area contributed by atoms with Crippen molar-refractivity contribution in [3.05, 3.63) is 22.7 Å². The number of thiazole rings is 1. The Morgan fingerprint density at radius 3 is 2.96 bits per heavy atom. The highest BCUT2D eigenvalue weighted by Crippen LogP contribution is 2.34. The summed E-state index contributed by atoms with van der Waals surface area (Å²) in [6.07, 6.45) is 1.95. The highest BCUT2D eigenvalue weighted by Gasteiger charge is 2.26. The topological polar surface area (TPSA) is 59.5 Å². The monoisotopic (exact) mass is 398 g/mol. The molecule has 1 aromatic heterocycles. The van der Waals surface area contributed by atoms with E-state index in [1.54, 1.807) is 4.90 Å². The Morgan fingerprint density at radius 2 is 2.28 bits per heavy atom. The molecular formula is C17H19ClN2O3S2. The predicted molar refractivity (Wildman–Crippen MR) is 104 cm³/mol. The SMILES string of the molecule is CC(=O)SCC(=O)N(CC1CCCO1)c1nc2c(C)c(Cl)ccc2s1. The van der Waals surface area contributed by atoms with Gasteiger partial charge >= 0.3 is 0 Å². The van der Waals surface area contributed by atoms with Crippen molar-refractivity contribution in [2.45, 2.75) is 32.8 Å². The number of amides is 1. The molecule has 0 saturated carbocycles. The molecule has 1 amide bonds. The molecule has 1 atom stereocenters.